The number of nitrogens with zero attached hydrogens (tertiary/aromatic N) is 4. The fourth-order valence-corrected chi connectivity index (χ4v) is 3.07. The van der Waals surface area contributed by atoms with E-state index < -0.39 is 0 Å². The molecule has 1 aromatic heterocycles. The molecule has 0 saturated carbocycles. The van der Waals surface area contributed by atoms with Gasteiger partial charge in [-0.15, -0.1) is 24.0 Å². The lowest BCUT2D eigenvalue weighted by molar-refractivity contribution is 0.169. The number of rotatable bonds is 5. The van der Waals surface area contributed by atoms with Crippen LogP contribution in [-0.4, -0.2) is 53.6 Å². The minimum Gasteiger partial charge on any atom is -0.364 e. The Morgan fingerprint density at radius 3 is 2.65 bits per heavy atom. The van der Waals surface area contributed by atoms with E-state index in [0.717, 1.165) is 61.5 Å². The molecule has 0 aliphatic carbocycles. The van der Waals surface area contributed by atoms with E-state index in [1.54, 1.807) is 6.26 Å². The molecule has 0 radical (unpaired) electrons. The lowest BCUT2D eigenvalue weighted by atomic mass is 10.2. The van der Waals surface area contributed by atoms with Gasteiger partial charge in [-0.2, -0.15) is 0 Å². The van der Waals surface area contributed by atoms with Crippen molar-refractivity contribution >= 4 is 41.5 Å². The molecule has 142 valence electrons. The molecule has 1 aromatic carbocycles. The van der Waals surface area contributed by atoms with Gasteiger partial charge in [0.2, 0.25) is 0 Å². The zero-order valence-corrected chi connectivity index (χ0v) is 18.0. The van der Waals surface area contributed by atoms with Crippen molar-refractivity contribution in [2.45, 2.75) is 20.0 Å². The lowest BCUT2D eigenvalue weighted by Crippen LogP contribution is -2.52. The van der Waals surface area contributed by atoms with E-state index in [1.807, 2.05) is 30.3 Å². The van der Waals surface area contributed by atoms with Crippen LogP contribution in [-0.2, 0) is 13.1 Å². The van der Waals surface area contributed by atoms with Crippen molar-refractivity contribution in [2.75, 3.05) is 32.7 Å². The summed E-state index contributed by atoms with van der Waals surface area (Å²) >= 11 is 6.23. The molecule has 0 unspecified atom stereocenters. The molecule has 1 fully saturated rings. The molecule has 1 saturated heterocycles. The highest BCUT2D eigenvalue weighted by Gasteiger charge is 2.20. The molecule has 1 aliphatic rings. The predicted molar refractivity (Wildman–Crippen MR) is 115 cm³/mol. The molecule has 2 heterocycles. The molecule has 0 amide bonds. The second-order valence-corrected chi connectivity index (χ2v) is 6.42. The number of halogens is 2. The van der Waals surface area contributed by atoms with Gasteiger partial charge in [0.15, 0.2) is 5.96 Å². The zero-order chi connectivity index (χ0) is 17.5. The fourth-order valence-electron chi connectivity index (χ4n) is 2.88. The van der Waals surface area contributed by atoms with Crippen LogP contribution in [0.1, 0.15) is 18.2 Å². The van der Waals surface area contributed by atoms with Crippen LogP contribution < -0.4 is 5.32 Å². The maximum atomic E-state index is 6.23. The monoisotopic (exact) mass is 489 g/mol. The van der Waals surface area contributed by atoms with Crippen LogP contribution in [0.4, 0.5) is 0 Å². The highest BCUT2D eigenvalue weighted by molar-refractivity contribution is 14.0. The molecular formula is C18H25ClIN5O. The van der Waals surface area contributed by atoms with Gasteiger partial charge in [0.05, 0.1) is 12.2 Å². The number of piperazine rings is 1. The first kappa shape index (κ1) is 21.0. The molecule has 6 nitrogen and oxygen atoms in total. The first-order valence-corrected chi connectivity index (χ1v) is 9.02. The molecule has 0 atom stereocenters. The topological polar surface area (TPSA) is 56.9 Å². The van der Waals surface area contributed by atoms with Crippen LogP contribution in [0, 0.1) is 0 Å². The van der Waals surface area contributed by atoms with Crippen molar-refractivity contribution in [3.05, 3.63) is 52.9 Å². The van der Waals surface area contributed by atoms with Crippen LogP contribution in [0.2, 0.25) is 5.02 Å². The van der Waals surface area contributed by atoms with E-state index in [9.17, 15) is 0 Å². The Bertz CT molecular complexity index is 687. The van der Waals surface area contributed by atoms with Crippen molar-refractivity contribution < 1.29 is 4.52 Å². The third kappa shape index (κ3) is 5.85. The van der Waals surface area contributed by atoms with Gasteiger partial charge >= 0.3 is 0 Å². The van der Waals surface area contributed by atoms with Gasteiger partial charge in [0.1, 0.15) is 6.26 Å². The Morgan fingerprint density at radius 1 is 1.23 bits per heavy atom. The zero-order valence-electron chi connectivity index (χ0n) is 14.9. The third-order valence-electron chi connectivity index (χ3n) is 4.24. The molecule has 1 aliphatic heterocycles. The number of aliphatic imine (C=N–C) groups is 1. The molecule has 26 heavy (non-hydrogen) atoms. The van der Waals surface area contributed by atoms with Gasteiger partial charge in [0.25, 0.3) is 0 Å². The van der Waals surface area contributed by atoms with Gasteiger partial charge < -0.3 is 14.7 Å². The quantitative estimate of drug-likeness (QED) is 0.397. The Kier molecular flexibility index (Phi) is 8.67. The maximum absolute atomic E-state index is 6.23. The number of nitrogens with one attached hydrogen (secondary N) is 1. The molecule has 8 heteroatoms. The van der Waals surface area contributed by atoms with Crippen LogP contribution in [0.3, 0.4) is 0 Å². The van der Waals surface area contributed by atoms with Crippen molar-refractivity contribution in [3.8, 4) is 0 Å². The summed E-state index contributed by atoms with van der Waals surface area (Å²) in [6.07, 6.45) is 1.62. The average Bonchev–Trinajstić information content (AvgIpc) is 3.14. The highest BCUT2D eigenvalue weighted by Crippen LogP contribution is 2.16. The Hall–Kier alpha value is -1.32. The summed E-state index contributed by atoms with van der Waals surface area (Å²) in [6.45, 7) is 8.18. The standard InChI is InChI=1S/C18H24ClN5O.HI/c1-2-20-18(21-13-15-5-3-4-6-17(15)19)24-10-8-23(9-11-24)14-16-7-12-25-22-16;/h3-7,12H,2,8-11,13-14H2,1H3,(H,20,21);1H. The van der Waals surface area contributed by atoms with E-state index in [-0.39, 0.29) is 24.0 Å². The summed E-state index contributed by atoms with van der Waals surface area (Å²) in [5.74, 6) is 0.948. The number of hydrogen-bond donors (Lipinski definition) is 1. The van der Waals surface area contributed by atoms with E-state index in [1.165, 1.54) is 0 Å². The smallest absolute Gasteiger partial charge is 0.194 e. The number of aromatic nitrogens is 1. The van der Waals surface area contributed by atoms with Crippen LogP contribution in [0.25, 0.3) is 0 Å². The summed E-state index contributed by atoms with van der Waals surface area (Å²) in [4.78, 5) is 9.46. The van der Waals surface area contributed by atoms with Crippen molar-refractivity contribution in [2.24, 2.45) is 4.99 Å². The number of hydrogen-bond acceptors (Lipinski definition) is 4. The van der Waals surface area contributed by atoms with Crippen LogP contribution in [0.15, 0.2) is 46.1 Å². The van der Waals surface area contributed by atoms with Crippen molar-refractivity contribution in [1.82, 2.24) is 20.3 Å². The molecule has 3 rings (SSSR count). The average molecular weight is 490 g/mol. The summed E-state index contributed by atoms with van der Waals surface area (Å²) in [7, 11) is 0. The van der Waals surface area contributed by atoms with Gasteiger partial charge in [-0.1, -0.05) is 35.0 Å². The van der Waals surface area contributed by atoms with Gasteiger partial charge in [-0.3, -0.25) is 4.90 Å². The molecule has 2 aromatic rings. The molecule has 0 spiro atoms. The van der Waals surface area contributed by atoms with E-state index in [0.29, 0.717) is 6.54 Å². The van der Waals surface area contributed by atoms with Crippen LogP contribution >= 0.6 is 35.6 Å². The van der Waals surface area contributed by atoms with Gasteiger partial charge in [-0.25, -0.2) is 4.99 Å². The highest BCUT2D eigenvalue weighted by atomic mass is 127. The third-order valence-corrected chi connectivity index (χ3v) is 4.61. The SMILES string of the molecule is CCNC(=NCc1ccccc1Cl)N1CCN(Cc2ccon2)CC1.I. The maximum Gasteiger partial charge on any atom is 0.194 e. The van der Waals surface area contributed by atoms with Crippen LogP contribution in [0.5, 0.6) is 0 Å². The van der Waals surface area contributed by atoms with Gasteiger partial charge in [0, 0.05) is 50.4 Å². The summed E-state index contributed by atoms with van der Waals surface area (Å²) in [6, 6.07) is 9.77. The minimum atomic E-state index is 0. The van der Waals surface area contributed by atoms with Crippen molar-refractivity contribution in [3.63, 3.8) is 0 Å². The normalized spacial score (nSPS) is 15.6. The molecule has 0 bridgehead atoms. The van der Waals surface area contributed by atoms with E-state index >= 15 is 0 Å². The number of guanidine groups is 1. The lowest BCUT2D eigenvalue weighted by Gasteiger charge is -2.36. The first-order chi connectivity index (χ1) is 12.3. The summed E-state index contributed by atoms with van der Waals surface area (Å²) in [5, 5.41) is 8.14. The van der Waals surface area contributed by atoms with E-state index in [4.69, 9.17) is 21.1 Å². The first-order valence-electron chi connectivity index (χ1n) is 8.64. The Balaban J connectivity index is 0.00000243. The summed E-state index contributed by atoms with van der Waals surface area (Å²) in [5.41, 5.74) is 2.02. The second-order valence-electron chi connectivity index (χ2n) is 6.02. The predicted octanol–water partition coefficient (Wildman–Crippen LogP) is 3.23. The second kappa shape index (κ2) is 10.7. The molecule has 1 N–H and O–H groups in total. The fraction of sp³-hybridized carbons (Fsp3) is 0.444. The Labute approximate surface area is 176 Å². The number of benzene rings is 1. The molecular weight excluding hydrogens is 465 g/mol. The van der Waals surface area contributed by atoms with Crippen molar-refractivity contribution in [1.29, 1.82) is 0 Å². The minimum absolute atomic E-state index is 0. The van der Waals surface area contributed by atoms with E-state index in [2.05, 4.69) is 27.2 Å². The summed E-state index contributed by atoms with van der Waals surface area (Å²) < 4.78 is 4.90. The van der Waals surface area contributed by atoms with Gasteiger partial charge in [-0.05, 0) is 18.6 Å². The Morgan fingerprint density at radius 2 is 2.00 bits per heavy atom. The largest absolute Gasteiger partial charge is 0.364 e.